The van der Waals surface area contributed by atoms with E-state index in [1.165, 1.54) is 0 Å². The van der Waals surface area contributed by atoms with Gasteiger partial charge in [-0.1, -0.05) is 6.07 Å². The number of benzene rings is 1. The fourth-order valence-electron chi connectivity index (χ4n) is 2.71. The van der Waals surface area contributed by atoms with E-state index < -0.39 is 0 Å². The summed E-state index contributed by atoms with van der Waals surface area (Å²) in [7, 11) is 0. The van der Waals surface area contributed by atoms with E-state index in [-0.39, 0.29) is 17.9 Å². The largest absolute Gasteiger partial charge is 0.325 e. The van der Waals surface area contributed by atoms with E-state index >= 15 is 0 Å². The summed E-state index contributed by atoms with van der Waals surface area (Å²) in [5.41, 5.74) is 2.58. The minimum Gasteiger partial charge on any atom is -0.325 e. The van der Waals surface area contributed by atoms with Crippen LogP contribution < -0.4 is 10.9 Å². The molecule has 0 atom stereocenters. The van der Waals surface area contributed by atoms with Gasteiger partial charge in [0.15, 0.2) is 0 Å². The van der Waals surface area contributed by atoms with Gasteiger partial charge in [0.05, 0.1) is 11.2 Å². The second kappa shape index (κ2) is 6.62. The number of anilines is 1. The Balaban J connectivity index is 1.73. The zero-order chi connectivity index (χ0) is 17.1. The van der Waals surface area contributed by atoms with Gasteiger partial charge >= 0.3 is 0 Å². The van der Waals surface area contributed by atoms with E-state index in [0.717, 1.165) is 16.6 Å². The molecule has 24 heavy (non-hydrogen) atoms. The van der Waals surface area contributed by atoms with Gasteiger partial charge < -0.3 is 10.3 Å². The molecule has 0 spiro atoms. The summed E-state index contributed by atoms with van der Waals surface area (Å²) in [6.07, 6.45) is 2.28. The number of H-pyrrole nitrogens is 1. The molecule has 0 unspecified atom stereocenters. The average Bonchev–Trinajstić information content (AvgIpc) is 2.54. The number of carbonyl (C=O) groups excluding carboxylic acids is 1. The number of nitrogens with zero attached hydrogens (tertiary/aromatic N) is 2. The number of nitrogens with one attached hydrogen (secondary N) is 2. The van der Waals surface area contributed by atoms with E-state index in [0.29, 0.717) is 23.5 Å². The van der Waals surface area contributed by atoms with Crippen LogP contribution in [0.15, 0.2) is 41.3 Å². The zero-order valence-electron chi connectivity index (χ0n) is 13.6. The maximum Gasteiger partial charge on any atom is 0.254 e. The molecule has 6 nitrogen and oxygen atoms in total. The number of hydrogen-bond acceptors (Lipinski definition) is 4. The molecule has 1 aromatic carbocycles. The summed E-state index contributed by atoms with van der Waals surface area (Å²) in [6, 6.07) is 9.33. The Morgan fingerprint density at radius 1 is 1.21 bits per heavy atom. The fourth-order valence-corrected chi connectivity index (χ4v) is 2.71. The van der Waals surface area contributed by atoms with E-state index in [4.69, 9.17) is 0 Å². The van der Waals surface area contributed by atoms with E-state index in [1.54, 1.807) is 20.0 Å². The van der Waals surface area contributed by atoms with Gasteiger partial charge in [0.2, 0.25) is 5.91 Å². The number of carbonyl (C=O) groups is 1. The predicted molar refractivity (Wildman–Crippen MR) is 93.0 cm³/mol. The lowest BCUT2D eigenvalue weighted by Crippen LogP contribution is -2.20. The number of pyridine rings is 1. The first-order chi connectivity index (χ1) is 11.5. The molecule has 122 valence electrons. The van der Waals surface area contributed by atoms with Crippen molar-refractivity contribution in [1.82, 2.24) is 15.0 Å². The fraction of sp³-hybridized carbons (Fsp3) is 0.222. The maximum atomic E-state index is 12.3. The van der Waals surface area contributed by atoms with Gasteiger partial charge in [-0.25, -0.2) is 4.98 Å². The summed E-state index contributed by atoms with van der Waals surface area (Å²) < 4.78 is 0. The van der Waals surface area contributed by atoms with Gasteiger partial charge in [0.1, 0.15) is 5.82 Å². The zero-order valence-corrected chi connectivity index (χ0v) is 13.6. The van der Waals surface area contributed by atoms with Gasteiger partial charge in [-0.3, -0.25) is 14.6 Å². The highest BCUT2D eigenvalue weighted by Crippen LogP contribution is 2.21. The lowest BCUT2D eigenvalue weighted by Gasteiger charge is -2.09. The van der Waals surface area contributed by atoms with Crippen LogP contribution in [0, 0.1) is 13.8 Å². The lowest BCUT2D eigenvalue weighted by atomic mass is 10.1. The number of amides is 1. The van der Waals surface area contributed by atoms with Crippen molar-refractivity contribution in [1.29, 1.82) is 0 Å². The summed E-state index contributed by atoms with van der Waals surface area (Å²) >= 11 is 0. The highest BCUT2D eigenvalue weighted by Gasteiger charge is 2.11. The number of aryl methyl sites for hydroxylation is 2. The molecule has 2 aromatic heterocycles. The number of aromatic amines is 1. The van der Waals surface area contributed by atoms with Crippen LogP contribution in [0.1, 0.15) is 23.5 Å². The van der Waals surface area contributed by atoms with Gasteiger partial charge in [-0.15, -0.1) is 0 Å². The molecule has 3 aromatic rings. The Bertz CT molecular complexity index is 957. The summed E-state index contributed by atoms with van der Waals surface area (Å²) in [6.45, 7) is 3.52. The predicted octanol–water partition coefficient (Wildman–Crippen LogP) is 2.51. The first-order valence-corrected chi connectivity index (χ1v) is 7.74. The molecule has 0 saturated heterocycles. The molecular formula is C18H18N4O2. The molecule has 0 bridgehead atoms. The van der Waals surface area contributed by atoms with Gasteiger partial charge in [-0.05, 0) is 44.5 Å². The molecule has 0 aliphatic carbocycles. The van der Waals surface area contributed by atoms with Crippen LogP contribution in [0.2, 0.25) is 0 Å². The van der Waals surface area contributed by atoms with Crippen molar-refractivity contribution < 1.29 is 4.79 Å². The first-order valence-electron chi connectivity index (χ1n) is 7.74. The van der Waals surface area contributed by atoms with Gasteiger partial charge in [-0.2, -0.15) is 0 Å². The van der Waals surface area contributed by atoms with Gasteiger partial charge in [0, 0.05) is 29.3 Å². The number of fused-ring (bicyclic) bond motifs is 1. The molecule has 6 heteroatoms. The number of rotatable bonds is 4. The van der Waals surface area contributed by atoms with Crippen LogP contribution in [0.5, 0.6) is 0 Å². The number of aromatic nitrogens is 3. The lowest BCUT2D eigenvalue weighted by molar-refractivity contribution is -0.116. The van der Waals surface area contributed by atoms with Crippen LogP contribution in [0.3, 0.4) is 0 Å². The smallest absolute Gasteiger partial charge is 0.254 e. The Kier molecular flexibility index (Phi) is 4.37. The van der Waals surface area contributed by atoms with Gasteiger partial charge in [0.25, 0.3) is 5.56 Å². The monoisotopic (exact) mass is 322 g/mol. The molecule has 0 fully saturated rings. The Labute approximate surface area is 139 Å². The molecule has 2 N–H and O–H groups in total. The third-order valence-electron chi connectivity index (χ3n) is 3.86. The van der Waals surface area contributed by atoms with E-state index in [9.17, 15) is 9.59 Å². The Hall–Kier alpha value is -3.02. The normalized spacial score (nSPS) is 10.8. The Morgan fingerprint density at radius 3 is 2.83 bits per heavy atom. The van der Waals surface area contributed by atoms with Crippen LogP contribution in [-0.4, -0.2) is 20.9 Å². The summed E-state index contributed by atoms with van der Waals surface area (Å²) in [5.74, 6) is 0.430. The van der Waals surface area contributed by atoms with Crippen LogP contribution in [-0.2, 0) is 11.2 Å². The SMILES string of the molecule is Cc1nc(C)c(CCC(=O)Nc2cccc3ncccc23)c(=O)[nH]1. The molecular weight excluding hydrogens is 304 g/mol. The van der Waals surface area contributed by atoms with Crippen LogP contribution in [0.4, 0.5) is 5.69 Å². The Morgan fingerprint density at radius 2 is 2.04 bits per heavy atom. The molecule has 3 rings (SSSR count). The molecule has 2 heterocycles. The van der Waals surface area contributed by atoms with E-state index in [2.05, 4.69) is 20.3 Å². The molecule has 0 saturated carbocycles. The molecule has 0 aliphatic heterocycles. The topological polar surface area (TPSA) is 87.7 Å². The highest BCUT2D eigenvalue weighted by atomic mass is 16.1. The van der Waals surface area contributed by atoms with Crippen molar-refractivity contribution in [3.8, 4) is 0 Å². The van der Waals surface area contributed by atoms with Crippen molar-refractivity contribution in [3.63, 3.8) is 0 Å². The third-order valence-corrected chi connectivity index (χ3v) is 3.86. The van der Waals surface area contributed by atoms with Crippen molar-refractivity contribution in [2.45, 2.75) is 26.7 Å². The summed E-state index contributed by atoms with van der Waals surface area (Å²) in [5, 5.41) is 3.78. The van der Waals surface area contributed by atoms with Crippen molar-refractivity contribution in [2.24, 2.45) is 0 Å². The van der Waals surface area contributed by atoms with Crippen LogP contribution in [0.25, 0.3) is 10.9 Å². The average molecular weight is 322 g/mol. The first kappa shape index (κ1) is 15.9. The molecule has 1 amide bonds. The molecule has 0 aliphatic rings. The van der Waals surface area contributed by atoms with Crippen molar-refractivity contribution in [2.75, 3.05) is 5.32 Å². The van der Waals surface area contributed by atoms with Crippen molar-refractivity contribution >= 4 is 22.5 Å². The minimum atomic E-state index is -0.179. The van der Waals surface area contributed by atoms with E-state index in [1.807, 2.05) is 30.3 Å². The second-order valence-corrected chi connectivity index (χ2v) is 5.64. The highest BCUT2D eigenvalue weighted by molar-refractivity contribution is 6.00. The van der Waals surface area contributed by atoms with Crippen molar-refractivity contribution in [3.05, 3.63) is 64.0 Å². The minimum absolute atomic E-state index is 0.147. The second-order valence-electron chi connectivity index (χ2n) is 5.64. The number of hydrogen-bond donors (Lipinski definition) is 2. The summed E-state index contributed by atoms with van der Waals surface area (Å²) in [4.78, 5) is 35.4. The quantitative estimate of drug-likeness (QED) is 0.772. The third kappa shape index (κ3) is 3.32. The van der Waals surface area contributed by atoms with Crippen LogP contribution >= 0.6 is 0 Å². The standard InChI is InChI=1S/C18H18N4O2/c1-11-13(18(24)21-12(2)20-11)8-9-17(23)22-16-7-3-6-15-14(16)5-4-10-19-15/h3-7,10H,8-9H2,1-2H3,(H,22,23)(H,20,21,24). The molecule has 0 radical (unpaired) electrons. The maximum absolute atomic E-state index is 12.3.